The normalized spacial score (nSPS) is 20.1. The molecule has 2 aliphatic rings. The highest BCUT2D eigenvalue weighted by molar-refractivity contribution is 5.51. The topological polar surface area (TPSA) is 28.2 Å². The first kappa shape index (κ1) is 13.9. The maximum Gasteiger partial charge on any atom is 0.0595 e. The molecule has 0 saturated heterocycles. The molecule has 110 valence electrons. The van der Waals surface area contributed by atoms with E-state index in [1.54, 1.807) is 0 Å². The highest BCUT2D eigenvalue weighted by atomic mass is 15.1. The fourth-order valence-corrected chi connectivity index (χ4v) is 3.31. The summed E-state index contributed by atoms with van der Waals surface area (Å²) in [5.74, 6) is 0.873. The molecule has 2 saturated carbocycles. The number of hydrogen-bond donors (Lipinski definition) is 1. The average Bonchev–Trinajstić information content (AvgIpc) is 3.31. The minimum absolute atomic E-state index is 0.764. The molecule has 20 heavy (non-hydrogen) atoms. The highest BCUT2D eigenvalue weighted by Crippen LogP contribution is 2.27. The number of nitrogens with zero attached hydrogens (tertiary/aromatic N) is 2. The Bertz CT molecular complexity index is 422. The van der Waals surface area contributed by atoms with Crippen molar-refractivity contribution in [2.24, 2.45) is 5.92 Å². The van der Waals surface area contributed by atoms with E-state index in [4.69, 9.17) is 0 Å². The fraction of sp³-hybridized carbons (Fsp3) is 0.706. The minimum Gasteiger partial charge on any atom is -0.373 e. The molecule has 3 nitrogen and oxygen atoms in total. The molecule has 2 aliphatic carbocycles. The van der Waals surface area contributed by atoms with Crippen LogP contribution in [0.25, 0.3) is 0 Å². The minimum atomic E-state index is 0.764. The van der Waals surface area contributed by atoms with Crippen molar-refractivity contribution in [3.8, 4) is 0 Å². The number of anilines is 1. The first-order valence-corrected chi connectivity index (χ1v) is 8.20. The molecule has 3 heteroatoms. The maximum absolute atomic E-state index is 4.33. The molecule has 0 radical (unpaired) electrons. The van der Waals surface area contributed by atoms with E-state index in [-0.39, 0.29) is 0 Å². The van der Waals surface area contributed by atoms with Crippen molar-refractivity contribution in [2.45, 2.75) is 57.5 Å². The Balaban J connectivity index is 1.61. The SMILES string of the molecule is CN(CC1CCCCC1)c1cnccc1CNC1CC1. The van der Waals surface area contributed by atoms with E-state index >= 15 is 0 Å². The Hall–Kier alpha value is -1.09. The Morgan fingerprint density at radius 1 is 1.20 bits per heavy atom. The maximum atomic E-state index is 4.33. The lowest BCUT2D eigenvalue weighted by molar-refractivity contribution is 0.362. The van der Waals surface area contributed by atoms with E-state index in [0.717, 1.165) is 18.5 Å². The van der Waals surface area contributed by atoms with E-state index < -0.39 is 0 Å². The van der Waals surface area contributed by atoms with Crippen molar-refractivity contribution in [3.63, 3.8) is 0 Å². The van der Waals surface area contributed by atoms with Crippen LogP contribution in [-0.2, 0) is 6.54 Å². The summed E-state index contributed by atoms with van der Waals surface area (Å²) in [5, 5.41) is 3.62. The number of nitrogens with one attached hydrogen (secondary N) is 1. The van der Waals surface area contributed by atoms with Crippen LogP contribution >= 0.6 is 0 Å². The Morgan fingerprint density at radius 2 is 2.00 bits per heavy atom. The van der Waals surface area contributed by atoms with Crippen molar-refractivity contribution >= 4 is 5.69 Å². The summed E-state index contributed by atoms with van der Waals surface area (Å²) in [6.07, 6.45) is 13.7. The number of rotatable bonds is 6. The van der Waals surface area contributed by atoms with Crippen molar-refractivity contribution in [3.05, 3.63) is 24.0 Å². The molecule has 1 N–H and O–H groups in total. The van der Waals surface area contributed by atoms with Gasteiger partial charge in [-0.2, -0.15) is 0 Å². The second-order valence-electron chi connectivity index (χ2n) is 6.54. The Morgan fingerprint density at radius 3 is 2.75 bits per heavy atom. The second-order valence-corrected chi connectivity index (χ2v) is 6.54. The lowest BCUT2D eigenvalue weighted by Crippen LogP contribution is -2.28. The molecule has 0 aromatic carbocycles. The van der Waals surface area contributed by atoms with Crippen LogP contribution in [-0.4, -0.2) is 24.6 Å². The predicted molar refractivity (Wildman–Crippen MR) is 83.9 cm³/mol. The van der Waals surface area contributed by atoms with Crippen molar-refractivity contribution in [1.29, 1.82) is 0 Å². The van der Waals surface area contributed by atoms with E-state index in [1.807, 2.05) is 12.4 Å². The molecule has 0 atom stereocenters. The quantitative estimate of drug-likeness (QED) is 0.861. The van der Waals surface area contributed by atoms with Crippen LogP contribution in [0.4, 0.5) is 5.69 Å². The third-order valence-corrected chi connectivity index (χ3v) is 4.71. The molecule has 0 spiro atoms. The van der Waals surface area contributed by atoms with Gasteiger partial charge in [-0.15, -0.1) is 0 Å². The van der Waals surface area contributed by atoms with E-state index in [9.17, 15) is 0 Å². The van der Waals surface area contributed by atoms with Gasteiger partial charge in [-0.3, -0.25) is 4.98 Å². The number of pyridine rings is 1. The summed E-state index contributed by atoms with van der Waals surface area (Å²) in [5.41, 5.74) is 2.71. The van der Waals surface area contributed by atoms with Crippen LogP contribution in [0.5, 0.6) is 0 Å². The van der Waals surface area contributed by atoms with Crippen molar-refractivity contribution in [2.75, 3.05) is 18.5 Å². The first-order valence-electron chi connectivity index (χ1n) is 8.20. The van der Waals surface area contributed by atoms with E-state index in [1.165, 1.54) is 62.7 Å². The zero-order valence-electron chi connectivity index (χ0n) is 12.6. The molecular weight excluding hydrogens is 246 g/mol. The van der Waals surface area contributed by atoms with Gasteiger partial charge < -0.3 is 10.2 Å². The monoisotopic (exact) mass is 273 g/mol. The standard InChI is InChI=1S/C17H27N3/c1-20(13-14-5-3-2-4-6-14)17-12-18-10-9-15(17)11-19-16-7-8-16/h9-10,12,14,16,19H,2-8,11,13H2,1H3. The van der Waals surface area contributed by atoms with Crippen molar-refractivity contribution in [1.82, 2.24) is 10.3 Å². The summed E-state index contributed by atoms with van der Waals surface area (Å²) >= 11 is 0. The van der Waals surface area contributed by atoms with Gasteiger partial charge in [0.25, 0.3) is 0 Å². The van der Waals surface area contributed by atoms with Crippen LogP contribution in [0, 0.1) is 5.92 Å². The number of aromatic nitrogens is 1. The molecule has 1 heterocycles. The van der Waals surface area contributed by atoms with Gasteiger partial charge in [-0.05, 0) is 43.2 Å². The average molecular weight is 273 g/mol. The fourth-order valence-electron chi connectivity index (χ4n) is 3.31. The molecule has 3 rings (SSSR count). The third-order valence-electron chi connectivity index (χ3n) is 4.71. The van der Waals surface area contributed by atoms with E-state index in [2.05, 4.69) is 28.3 Å². The zero-order valence-corrected chi connectivity index (χ0v) is 12.6. The van der Waals surface area contributed by atoms with Gasteiger partial charge in [0.15, 0.2) is 0 Å². The van der Waals surface area contributed by atoms with Gasteiger partial charge in [0.2, 0.25) is 0 Å². The smallest absolute Gasteiger partial charge is 0.0595 e. The van der Waals surface area contributed by atoms with Crippen LogP contribution in [0.2, 0.25) is 0 Å². The van der Waals surface area contributed by atoms with Gasteiger partial charge >= 0.3 is 0 Å². The summed E-state index contributed by atoms with van der Waals surface area (Å²) in [7, 11) is 2.23. The third kappa shape index (κ3) is 3.72. The Labute approximate surface area is 122 Å². The predicted octanol–water partition coefficient (Wildman–Crippen LogP) is 3.35. The zero-order chi connectivity index (χ0) is 13.8. The summed E-state index contributed by atoms with van der Waals surface area (Å²) in [6, 6.07) is 2.93. The van der Waals surface area contributed by atoms with E-state index in [0.29, 0.717) is 0 Å². The van der Waals surface area contributed by atoms with Gasteiger partial charge in [-0.1, -0.05) is 19.3 Å². The largest absolute Gasteiger partial charge is 0.373 e. The first-order chi connectivity index (χ1) is 9.83. The molecule has 0 unspecified atom stereocenters. The van der Waals surface area contributed by atoms with Gasteiger partial charge in [-0.25, -0.2) is 0 Å². The number of hydrogen-bond acceptors (Lipinski definition) is 3. The lowest BCUT2D eigenvalue weighted by atomic mass is 9.89. The van der Waals surface area contributed by atoms with Crippen LogP contribution in [0.1, 0.15) is 50.5 Å². The molecule has 1 aromatic heterocycles. The molecule has 0 bridgehead atoms. The lowest BCUT2D eigenvalue weighted by Gasteiger charge is -2.29. The molecular formula is C17H27N3. The molecule has 1 aromatic rings. The highest BCUT2D eigenvalue weighted by Gasteiger charge is 2.21. The molecule has 0 aliphatic heterocycles. The van der Waals surface area contributed by atoms with Crippen LogP contribution < -0.4 is 10.2 Å². The van der Waals surface area contributed by atoms with Gasteiger partial charge in [0, 0.05) is 32.4 Å². The van der Waals surface area contributed by atoms with Crippen LogP contribution in [0.3, 0.4) is 0 Å². The Kier molecular flexibility index (Phi) is 4.56. The second kappa shape index (κ2) is 6.57. The van der Waals surface area contributed by atoms with Gasteiger partial charge in [0.1, 0.15) is 0 Å². The van der Waals surface area contributed by atoms with Crippen molar-refractivity contribution < 1.29 is 0 Å². The molecule has 2 fully saturated rings. The van der Waals surface area contributed by atoms with Gasteiger partial charge in [0.05, 0.1) is 11.9 Å². The summed E-state index contributed by atoms with van der Waals surface area (Å²) in [4.78, 5) is 6.76. The molecule has 0 amide bonds. The summed E-state index contributed by atoms with van der Waals surface area (Å²) < 4.78 is 0. The van der Waals surface area contributed by atoms with Crippen LogP contribution in [0.15, 0.2) is 18.5 Å². The summed E-state index contributed by atoms with van der Waals surface area (Å²) in [6.45, 7) is 2.17.